The molecule has 3 rings (SSSR count). The molecule has 0 spiro atoms. The van der Waals surface area contributed by atoms with Crippen molar-refractivity contribution < 1.29 is 9.63 Å². The molecule has 0 radical (unpaired) electrons. The molecule has 1 fully saturated rings. The Balaban J connectivity index is 1.65. The largest absolute Gasteiger partial charge is 0.393 e. The van der Waals surface area contributed by atoms with Gasteiger partial charge in [0.1, 0.15) is 0 Å². The molecule has 0 bridgehead atoms. The third kappa shape index (κ3) is 3.54. The summed E-state index contributed by atoms with van der Waals surface area (Å²) in [6.45, 7) is 6.77. The molecule has 0 atom stereocenters. The Bertz CT molecular complexity index is 599. The average Bonchev–Trinajstić information content (AvgIpc) is 2.98. The Kier molecular flexibility index (Phi) is 4.55. The first kappa shape index (κ1) is 15.2. The van der Waals surface area contributed by atoms with Crippen molar-refractivity contribution in [3.05, 3.63) is 35.7 Å². The molecule has 1 aliphatic rings. The van der Waals surface area contributed by atoms with Crippen LogP contribution in [0.1, 0.15) is 44.1 Å². The predicted octanol–water partition coefficient (Wildman–Crippen LogP) is 2.82. The lowest BCUT2D eigenvalue weighted by molar-refractivity contribution is 0.0740. The second-order valence-corrected chi connectivity index (χ2v) is 6.30. The van der Waals surface area contributed by atoms with Crippen molar-refractivity contribution in [2.24, 2.45) is 0 Å². The van der Waals surface area contributed by atoms with E-state index in [0.29, 0.717) is 24.2 Å². The molecular weight excluding hydrogens is 278 g/mol. The Morgan fingerprint density at radius 3 is 2.55 bits per heavy atom. The highest BCUT2D eigenvalue weighted by Crippen LogP contribution is 2.21. The van der Waals surface area contributed by atoms with Crippen LogP contribution in [-0.4, -0.2) is 39.3 Å². The van der Waals surface area contributed by atoms with Gasteiger partial charge < -0.3 is 9.63 Å². The van der Waals surface area contributed by atoms with Crippen LogP contribution in [0.25, 0.3) is 11.4 Å². The summed E-state index contributed by atoms with van der Waals surface area (Å²) in [4.78, 5) is 6.73. The molecule has 0 saturated carbocycles. The van der Waals surface area contributed by atoms with Gasteiger partial charge in [-0.05, 0) is 24.3 Å². The van der Waals surface area contributed by atoms with Crippen LogP contribution in [0, 0.1) is 0 Å². The van der Waals surface area contributed by atoms with Crippen LogP contribution in [0.5, 0.6) is 0 Å². The van der Waals surface area contributed by atoms with E-state index in [2.05, 4.69) is 41.0 Å². The summed E-state index contributed by atoms with van der Waals surface area (Å²) in [5.74, 6) is 1.80. The summed E-state index contributed by atoms with van der Waals surface area (Å²) in [6.07, 6.45) is 1.48. The topological polar surface area (TPSA) is 62.4 Å². The summed E-state index contributed by atoms with van der Waals surface area (Å²) in [6, 6.07) is 8.31. The van der Waals surface area contributed by atoms with Gasteiger partial charge in [0.05, 0.1) is 12.6 Å². The monoisotopic (exact) mass is 301 g/mol. The quantitative estimate of drug-likeness (QED) is 0.941. The first-order chi connectivity index (χ1) is 10.6. The number of aromatic nitrogens is 2. The van der Waals surface area contributed by atoms with Crippen molar-refractivity contribution in [3.8, 4) is 11.4 Å². The van der Waals surface area contributed by atoms with Crippen molar-refractivity contribution in [2.75, 3.05) is 13.1 Å². The molecule has 0 aliphatic carbocycles. The lowest BCUT2D eigenvalue weighted by atomic mass is 10.0. The van der Waals surface area contributed by atoms with Gasteiger partial charge in [-0.3, -0.25) is 4.90 Å². The van der Waals surface area contributed by atoms with E-state index in [4.69, 9.17) is 4.52 Å². The molecule has 22 heavy (non-hydrogen) atoms. The lowest BCUT2D eigenvalue weighted by Gasteiger charge is -2.27. The standard InChI is InChI=1S/C17H23N3O2/c1-12(2)13-3-5-14(6-4-13)17-18-16(22-19-17)11-20-9-7-15(21)8-10-20/h3-6,12,15,21H,7-11H2,1-2H3. The van der Waals surface area contributed by atoms with Gasteiger partial charge in [-0.15, -0.1) is 0 Å². The normalized spacial score (nSPS) is 17.3. The van der Waals surface area contributed by atoms with Crippen molar-refractivity contribution >= 4 is 0 Å². The van der Waals surface area contributed by atoms with E-state index in [9.17, 15) is 5.11 Å². The first-order valence-electron chi connectivity index (χ1n) is 7.95. The molecular formula is C17H23N3O2. The zero-order valence-corrected chi connectivity index (χ0v) is 13.2. The number of benzene rings is 1. The number of likely N-dealkylation sites (tertiary alicyclic amines) is 1. The minimum Gasteiger partial charge on any atom is -0.393 e. The van der Waals surface area contributed by atoms with Crippen molar-refractivity contribution in [2.45, 2.75) is 45.3 Å². The van der Waals surface area contributed by atoms with E-state index in [1.165, 1.54) is 5.56 Å². The highest BCUT2D eigenvalue weighted by atomic mass is 16.5. The second kappa shape index (κ2) is 6.58. The highest BCUT2D eigenvalue weighted by molar-refractivity contribution is 5.54. The second-order valence-electron chi connectivity index (χ2n) is 6.30. The third-order valence-corrected chi connectivity index (χ3v) is 4.22. The molecule has 1 aromatic heterocycles. The van der Waals surface area contributed by atoms with Gasteiger partial charge in [0.2, 0.25) is 11.7 Å². The first-order valence-corrected chi connectivity index (χ1v) is 7.95. The summed E-state index contributed by atoms with van der Waals surface area (Å²) in [7, 11) is 0. The van der Waals surface area contributed by atoms with Crippen molar-refractivity contribution in [3.63, 3.8) is 0 Å². The van der Waals surface area contributed by atoms with Crippen LogP contribution in [0.4, 0.5) is 0 Å². The number of aliphatic hydroxyl groups excluding tert-OH is 1. The zero-order chi connectivity index (χ0) is 15.5. The van der Waals surface area contributed by atoms with Crippen LogP contribution in [0.3, 0.4) is 0 Å². The van der Waals surface area contributed by atoms with Gasteiger partial charge >= 0.3 is 0 Å². The Morgan fingerprint density at radius 1 is 1.23 bits per heavy atom. The summed E-state index contributed by atoms with van der Waals surface area (Å²) in [5.41, 5.74) is 2.29. The fraction of sp³-hybridized carbons (Fsp3) is 0.529. The van der Waals surface area contributed by atoms with Crippen LogP contribution >= 0.6 is 0 Å². The minimum absolute atomic E-state index is 0.158. The molecule has 5 heteroatoms. The zero-order valence-electron chi connectivity index (χ0n) is 13.2. The van der Waals surface area contributed by atoms with Gasteiger partial charge in [-0.25, -0.2) is 0 Å². The molecule has 5 nitrogen and oxygen atoms in total. The fourth-order valence-electron chi connectivity index (χ4n) is 2.72. The number of hydrogen-bond acceptors (Lipinski definition) is 5. The molecule has 1 saturated heterocycles. The number of piperidine rings is 1. The smallest absolute Gasteiger partial charge is 0.241 e. The number of hydrogen-bond donors (Lipinski definition) is 1. The number of rotatable bonds is 4. The Hall–Kier alpha value is -1.72. The van der Waals surface area contributed by atoms with Crippen molar-refractivity contribution in [1.82, 2.24) is 15.0 Å². The SMILES string of the molecule is CC(C)c1ccc(-c2noc(CN3CCC(O)CC3)n2)cc1. The third-order valence-electron chi connectivity index (χ3n) is 4.22. The van der Waals surface area contributed by atoms with Crippen molar-refractivity contribution in [1.29, 1.82) is 0 Å². The van der Waals surface area contributed by atoms with E-state index < -0.39 is 0 Å². The Morgan fingerprint density at radius 2 is 1.91 bits per heavy atom. The van der Waals surface area contributed by atoms with E-state index in [1.807, 2.05) is 12.1 Å². The van der Waals surface area contributed by atoms with Crippen LogP contribution in [0.2, 0.25) is 0 Å². The van der Waals surface area contributed by atoms with E-state index >= 15 is 0 Å². The van der Waals surface area contributed by atoms with Gasteiger partial charge in [-0.1, -0.05) is 43.3 Å². The molecule has 1 aliphatic heterocycles. The van der Waals surface area contributed by atoms with Gasteiger partial charge in [0.15, 0.2) is 0 Å². The van der Waals surface area contributed by atoms with Crippen LogP contribution in [-0.2, 0) is 6.54 Å². The number of aliphatic hydroxyl groups is 1. The Labute approximate surface area is 131 Å². The van der Waals surface area contributed by atoms with Gasteiger partial charge in [-0.2, -0.15) is 4.98 Å². The highest BCUT2D eigenvalue weighted by Gasteiger charge is 2.19. The number of nitrogens with zero attached hydrogens (tertiary/aromatic N) is 3. The molecule has 0 unspecified atom stereocenters. The summed E-state index contributed by atoms with van der Waals surface area (Å²) >= 11 is 0. The molecule has 2 heterocycles. The predicted molar refractivity (Wildman–Crippen MR) is 84.3 cm³/mol. The maximum absolute atomic E-state index is 9.53. The summed E-state index contributed by atoms with van der Waals surface area (Å²) in [5, 5.41) is 13.6. The molecule has 1 aromatic carbocycles. The van der Waals surface area contributed by atoms with Gasteiger partial charge in [0, 0.05) is 18.7 Å². The lowest BCUT2D eigenvalue weighted by Crippen LogP contribution is -2.35. The maximum atomic E-state index is 9.53. The van der Waals surface area contributed by atoms with E-state index in [0.717, 1.165) is 31.5 Å². The average molecular weight is 301 g/mol. The van der Waals surface area contributed by atoms with E-state index in [-0.39, 0.29) is 6.10 Å². The minimum atomic E-state index is -0.158. The van der Waals surface area contributed by atoms with E-state index in [1.54, 1.807) is 0 Å². The molecule has 118 valence electrons. The summed E-state index contributed by atoms with van der Waals surface area (Å²) < 4.78 is 5.36. The van der Waals surface area contributed by atoms with Crippen LogP contribution < -0.4 is 0 Å². The fourth-order valence-corrected chi connectivity index (χ4v) is 2.72. The molecule has 0 amide bonds. The molecule has 2 aromatic rings. The molecule has 1 N–H and O–H groups in total. The van der Waals surface area contributed by atoms with Gasteiger partial charge in [0.25, 0.3) is 0 Å². The maximum Gasteiger partial charge on any atom is 0.241 e. The van der Waals surface area contributed by atoms with Crippen LogP contribution in [0.15, 0.2) is 28.8 Å².